The summed E-state index contributed by atoms with van der Waals surface area (Å²) >= 11 is 3.33. The van der Waals surface area contributed by atoms with Crippen molar-refractivity contribution in [2.45, 2.75) is 39.7 Å². The third kappa shape index (κ3) is 5.19. The third-order valence-corrected chi connectivity index (χ3v) is 3.32. The van der Waals surface area contributed by atoms with Gasteiger partial charge in [-0.1, -0.05) is 13.8 Å². The second-order valence-electron chi connectivity index (χ2n) is 4.51. The number of pyridine rings is 1. The molecular formula is C14H21BrN2O2. The molecule has 106 valence electrons. The summed E-state index contributed by atoms with van der Waals surface area (Å²) in [7, 11) is 0. The highest BCUT2D eigenvalue weighted by Gasteiger charge is 2.11. The van der Waals surface area contributed by atoms with Gasteiger partial charge in [0, 0.05) is 42.8 Å². The summed E-state index contributed by atoms with van der Waals surface area (Å²) < 4.78 is 2.41. The molecule has 0 bridgehead atoms. The van der Waals surface area contributed by atoms with Crippen molar-refractivity contribution >= 4 is 21.8 Å². The van der Waals surface area contributed by atoms with E-state index in [1.807, 2.05) is 4.90 Å². The van der Waals surface area contributed by atoms with Gasteiger partial charge in [-0.2, -0.15) is 0 Å². The average Bonchev–Trinajstić information content (AvgIpc) is 2.39. The third-order valence-electron chi connectivity index (χ3n) is 2.85. The van der Waals surface area contributed by atoms with Crippen LogP contribution in [0.15, 0.2) is 27.6 Å². The van der Waals surface area contributed by atoms with Gasteiger partial charge in [-0.25, -0.2) is 0 Å². The van der Waals surface area contributed by atoms with Crippen LogP contribution in [0.3, 0.4) is 0 Å². The molecule has 0 aromatic carbocycles. The fraction of sp³-hybridized carbons (Fsp3) is 0.571. The number of rotatable bonds is 7. The fourth-order valence-corrected chi connectivity index (χ4v) is 2.33. The van der Waals surface area contributed by atoms with Crippen LogP contribution in [0.4, 0.5) is 0 Å². The zero-order valence-electron chi connectivity index (χ0n) is 11.6. The number of carbonyl (C=O) groups excluding carboxylic acids is 1. The van der Waals surface area contributed by atoms with Gasteiger partial charge < -0.3 is 9.47 Å². The normalized spacial score (nSPS) is 10.5. The molecule has 1 aromatic heterocycles. The van der Waals surface area contributed by atoms with E-state index in [1.54, 1.807) is 16.8 Å². The molecule has 4 nitrogen and oxygen atoms in total. The molecule has 0 saturated carbocycles. The van der Waals surface area contributed by atoms with E-state index in [0.717, 1.165) is 30.4 Å². The first-order valence-corrected chi connectivity index (χ1v) is 7.51. The maximum atomic E-state index is 12.1. The van der Waals surface area contributed by atoms with Crippen LogP contribution in [0.2, 0.25) is 0 Å². The molecule has 0 radical (unpaired) electrons. The lowest BCUT2D eigenvalue weighted by atomic mass is 10.3. The number of aryl methyl sites for hydroxylation is 1. The Balaban J connectivity index is 2.61. The van der Waals surface area contributed by atoms with Gasteiger partial charge in [0.15, 0.2) is 0 Å². The van der Waals surface area contributed by atoms with Crippen molar-refractivity contribution in [3.8, 4) is 0 Å². The van der Waals surface area contributed by atoms with Gasteiger partial charge in [0.25, 0.3) is 5.56 Å². The molecule has 5 heteroatoms. The highest BCUT2D eigenvalue weighted by molar-refractivity contribution is 9.10. The lowest BCUT2D eigenvalue weighted by Crippen LogP contribution is -2.33. The van der Waals surface area contributed by atoms with Crippen molar-refractivity contribution in [1.29, 1.82) is 0 Å². The molecule has 1 aromatic rings. The first-order chi connectivity index (χ1) is 9.08. The van der Waals surface area contributed by atoms with Crippen molar-refractivity contribution in [3.05, 3.63) is 33.2 Å². The number of hydrogen-bond acceptors (Lipinski definition) is 2. The summed E-state index contributed by atoms with van der Waals surface area (Å²) in [5, 5.41) is 0. The Hall–Kier alpha value is -1.10. The quantitative estimate of drug-likeness (QED) is 0.772. The summed E-state index contributed by atoms with van der Waals surface area (Å²) in [6.45, 7) is 6.14. The van der Waals surface area contributed by atoms with Gasteiger partial charge >= 0.3 is 0 Å². The number of hydrogen-bond donors (Lipinski definition) is 0. The van der Waals surface area contributed by atoms with Crippen molar-refractivity contribution in [2.24, 2.45) is 0 Å². The highest BCUT2D eigenvalue weighted by atomic mass is 79.9. The van der Waals surface area contributed by atoms with Gasteiger partial charge in [0.05, 0.1) is 0 Å². The van der Waals surface area contributed by atoms with Crippen LogP contribution in [0.5, 0.6) is 0 Å². The van der Waals surface area contributed by atoms with Crippen LogP contribution >= 0.6 is 15.9 Å². The number of amides is 1. The number of nitrogens with zero attached hydrogens (tertiary/aromatic N) is 2. The summed E-state index contributed by atoms with van der Waals surface area (Å²) in [6.07, 6.45) is 4.01. The zero-order valence-corrected chi connectivity index (χ0v) is 13.1. The van der Waals surface area contributed by atoms with Gasteiger partial charge in [0.1, 0.15) is 0 Å². The summed E-state index contributed by atoms with van der Waals surface area (Å²) in [6, 6.07) is 3.21. The Labute approximate surface area is 122 Å². The molecule has 0 aliphatic carbocycles. The molecular weight excluding hydrogens is 308 g/mol. The second kappa shape index (κ2) is 8.15. The Kier molecular flexibility index (Phi) is 6.84. The molecule has 0 spiro atoms. The van der Waals surface area contributed by atoms with Crippen LogP contribution in [0, 0.1) is 0 Å². The SMILES string of the molecule is CCCN(CCC)C(=O)CCn1cc(Br)ccc1=O. The minimum Gasteiger partial charge on any atom is -0.343 e. The monoisotopic (exact) mass is 328 g/mol. The number of halogens is 1. The number of carbonyl (C=O) groups is 1. The maximum Gasteiger partial charge on any atom is 0.250 e. The first-order valence-electron chi connectivity index (χ1n) is 6.72. The van der Waals surface area contributed by atoms with Crippen molar-refractivity contribution < 1.29 is 4.79 Å². The highest BCUT2D eigenvalue weighted by Crippen LogP contribution is 2.06. The minimum atomic E-state index is -0.0754. The van der Waals surface area contributed by atoms with E-state index in [9.17, 15) is 9.59 Å². The predicted octanol–water partition coefficient (Wildman–Crippen LogP) is 2.65. The van der Waals surface area contributed by atoms with Crippen LogP contribution in [-0.2, 0) is 11.3 Å². The molecule has 1 heterocycles. The van der Waals surface area contributed by atoms with E-state index in [0.29, 0.717) is 13.0 Å². The minimum absolute atomic E-state index is 0.0754. The Morgan fingerprint density at radius 3 is 2.47 bits per heavy atom. The fourth-order valence-electron chi connectivity index (χ4n) is 1.95. The molecule has 0 aliphatic rings. The molecule has 0 fully saturated rings. The van der Waals surface area contributed by atoms with Gasteiger partial charge in [-0.15, -0.1) is 0 Å². The molecule has 0 unspecified atom stereocenters. The van der Waals surface area contributed by atoms with Gasteiger partial charge in [-0.05, 0) is 34.8 Å². The molecule has 0 aliphatic heterocycles. The molecule has 1 rings (SSSR count). The van der Waals surface area contributed by atoms with Crippen LogP contribution in [-0.4, -0.2) is 28.5 Å². The molecule has 0 N–H and O–H groups in total. The molecule has 0 atom stereocenters. The largest absolute Gasteiger partial charge is 0.343 e. The topological polar surface area (TPSA) is 42.3 Å². The standard InChI is InChI=1S/C14H21BrN2O2/c1-3-8-16(9-4-2)14(19)7-10-17-11-12(15)5-6-13(17)18/h5-6,11H,3-4,7-10H2,1-2H3. The van der Waals surface area contributed by atoms with Gasteiger partial charge in [-0.3, -0.25) is 9.59 Å². The van der Waals surface area contributed by atoms with E-state index >= 15 is 0 Å². The van der Waals surface area contributed by atoms with E-state index in [4.69, 9.17) is 0 Å². The van der Waals surface area contributed by atoms with Crippen LogP contribution < -0.4 is 5.56 Å². The van der Waals surface area contributed by atoms with Crippen LogP contribution in [0.25, 0.3) is 0 Å². The lowest BCUT2D eigenvalue weighted by Gasteiger charge is -2.21. The summed E-state index contributed by atoms with van der Waals surface area (Å²) in [5.74, 6) is 0.121. The average molecular weight is 329 g/mol. The zero-order chi connectivity index (χ0) is 14.3. The Morgan fingerprint density at radius 1 is 1.26 bits per heavy atom. The van der Waals surface area contributed by atoms with Crippen molar-refractivity contribution in [1.82, 2.24) is 9.47 Å². The first kappa shape index (κ1) is 16.0. The molecule has 0 saturated heterocycles. The Morgan fingerprint density at radius 2 is 1.89 bits per heavy atom. The molecule has 1 amide bonds. The smallest absolute Gasteiger partial charge is 0.250 e. The summed E-state index contributed by atoms with van der Waals surface area (Å²) in [4.78, 5) is 25.6. The van der Waals surface area contributed by atoms with E-state index in [1.165, 1.54) is 6.07 Å². The second-order valence-corrected chi connectivity index (χ2v) is 5.43. The van der Waals surface area contributed by atoms with Crippen molar-refractivity contribution in [2.75, 3.05) is 13.1 Å². The molecule has 19 heavy (non-hydrogen) atoms. The Bertz CT molecular complexity index is 465. The summed E-state index contributed by atoms with van der Waals surface area (Å²) in [5.41, 5.74) is -0.0754. The van der Waals surface area contributed by atoms with Gasteiger partial charge in [0.2, 0.25) is 5.91 Å². The lowest BCUT2D eigenvalue weighted by molar-refractivity contribution is -0.131. The van der Waals surface area contributed by atoms with E-state index < -0.39 is 0 Å². The van der Waals surface area contributed by atoms with Crippen LogP contribution in [0.1, 0.15) is 33.1 Å². The number of aromatic nitrogens is 1. The van der Waals surface area contributed by atoms with E-state index in [2.05, 4.69) is 29.8 Å². The maximum absolute atomic E-state index is 12.1. The predicted molar refractivity (Wildman–Crippen MR) is 80.2 cm³/mol. The van der Waals surface area contributed by atoms with Crippen molar-refractivity contribution in [3.63, 3.8) is 0 Å². The van der Waals surface area contributed by atoms with E-state index in [-0.39, 0.29) is 11.5 Å².